The van der Waals surface area contributed by atoms with Crippen LogP contribution in [0.1, 0.15) is 11.4 Å². The number of nitrogens with two attached hydrogens (primary N) is 1. The Bertz CT molecular complexity index is 773. The summed E-state index contributed by atoms with van der Waals surface area (Å²) in [6.07, 6.45) is 3.91. The summed E-state index contributed by atoms with van der Waals surface area (Å²) in [7, 11) is 0. The topological polar surface area (TPSA) is 81.2 Å². The van der Waals surface area contributed by atoms with Gasteiger partial charge in [0.1, 0.15) is 0 Å². The van der Waals surface area contributed by atoms with Crippen LogP contribution in [0.15, 0.2) is 47.4 Å². The summed E-state index contributed by atoms with van der Waals surface area (Å²) in [6, 6.07) is 0. The minimum atomic E-state index is -4.59. The van der Waals surface area contributed by atoms with Gasteiger partial charge in [-0.2, -0.15) is 13.2 Å². The molecular weight excluding hydrogens is 309 g/mol. The molecule has 1 aromatic rings. The van der Waals surface area contributed by atoms with Crippen LogP contribution in [0.25, 0.3) is 5.57 Å². The highest BCUT2D eigenvalue weighted by Gasteiger charge is 2.34. The van der Waals surface area contributed by atoms with Crippen LogP contribution >= 0.6 is 0 Å². The smallest absolute Gasteiger partial charge is 0.325 e. The lowest BCUT2D eigenvalue weighted by Crippen LogP contribution is -2.26. The monoisotopic (exact) mass is 320 g/mol. The normalized spacial score (nSPS) is 20.6. The first-order chi connectivity index (χ1) is 10.9. The maximum atomic E-state index is 12.5. The second kappa shape index (κ2) is 5.54. The molecule has 0 saturated heterocycles. The molecule has 0 amide bonds. The van der Waals surface area contributed by atoms with E-state index in [1.807, 2.05) is 0 Å². The number of alkyl halides is 3. The third kappa shape index (κ3) is 2.98. The van der Waals surface area contributed by atoms with Crippen molar-refractivity contribution in [3.8, 4) is 0 Å². The third-order valence-electron chi connectivity index (χ3n) is 3.43. The number of ketones is 1. The maximum Gasteiger partial charge on any atom is 0.451 e. The summed E-state index contributed by atoms with van der Waals surface area (Å²) in [5.41, 5.74) is 7.51. The van der Waals surface area contributed by atoms with Gasteiger partial charge in [-0.25, -0.2) is 9.97 Å². The predicted molar refractivity (Wildman–Crippen MR) is 77.2 cm³/mol. The molecule has 0 radical (unpaired) electrons. The Kier molecular flexibility index (Phi) is 3.69. The van der Waals surface area contributed by atoms with Crippen LogP contribution in [0.4, 0.5) is 13.2 Å². The van der Waals surface area contributed by atoms with Crippen molar-refractivity contribution in [1.29, 1.82) is 0 Å². The van der Waals surface area contributed by atoms with E-state index in [0.29, 0.717) is 22.5 Å². The molecule has 1 unspecified atom stereocenters. The second-order valence-electron chi connectivity index (χ2n) is 5.00. The lowest BCUT2D eigenvalue weighted by molar-refractivity contribution is -0.145. The van der Waals surface area contributed by atoms with Crippen LogP contribution < -0.4 is 5.73 Å². The Morgan fingerprint density at radius 3 is 2.48 bits per heavy atom. The molecule has 2 heterocycles. The number of hydrogen-bond acceptors (Lipinski definition) is 5. The molecule has 2 aliphatic rings. The number of allylic oxidation sites excluding steroid dienone is 5. The highest BCUT2D eigenvalue weighted by Crippen LogP contribution is 2.29. The Morgan fingerprint density at radius 1 is 1.17 bits per heavy atom. The van der Waals surface area contributed by atoms with E-state index in [1.54, 1.807) is 18.2 Å². The summed E-state index contributed by atoms with van der Waals surface area (Å²) in [5.74, 6) is -1.93. The highest BCUT2D eigenvalue weighted by molar-refractivity contribution is 6.20. The molecule has 1 aromatic heterocycles. The summed E-state index contributed by atoms with van der Waals surface area (Å²) in [5, 5.41) is 0. The lowest BCUT2D eigenvalue weighted by Gasteiger charge is -2.20. The van der Waals surface area contributed by atoms with Gasteiger partial charge < -0.3 is 5.73 Å². The van der Waals surface area contributed by atoms with Gasteiger partial charge in [0, 0.05) is 30.6 Å². The molecule has 0 bridgehead atoms. The van der Waals surface area contributed by atoms with E-state index in [1.165, 1.54) is 6.08 Å². The van der Waals surface area contributed by atoms with Crippen LogP contribution in [0.3, 0.4) is 0 Å². The summed E-state index contributed by atoms with van der Waals surface area (Å²) in [6.45, 7) is 0.166. The molecule has 8 heteroatoms. The van der Waals surface area contributed by atoms with Crippen LogP contribution in [0.2, 0.25) is 0 Å². The number of aromatic nitrogens is 2. The third-order valence-corrected chi connectivity index (χ3v) is 3.43. The van der Waals surface area contributed by atoms with Crippen molar-refractivity contribution < 1.29 is 18.0 Å². The van der Waals surface area contributed by atoms with Crippen LogP contribution in [0, 0.1) is 5.92 Å². The molecule has 1 aliphatic carbocycles. The predicted octanol–water partition coefficient (Wildman–Crippen LogP) is 1.93. The summed E-state index contributed by atoms with van der Waals surface area (Å²) < 4.78 is 37.4. The van der Waals surface area contributed by atoms with E-state index in [-0.39, 0.29) is 12.3 Å². The number of aliphatic imine (C=N–C) groups is 1. The van der Waals surface area contributed by atoms with Crippen molar-refractivity contribution in [2.24, 2.45) is 16.6 Å². The van der Waals surface area contributed by atoms with E-state index in [0.717, 1.165) is 12.4 Å². The zero-order valence-electron chi connectivity index (χ0n) is 11.7. The van der Waals surface area contributed by atoms with Gasteiger partial charge in [0.25, 0.3) is 0 Å². The average molecular weight is 320 g/mol. The minimum absolute atomic E-state index is 0.162. The van der Waals surface area contributed by atoms with Crippen molar-refractivity contribution in [2.45, 2.75) is 6.18 Å². The molecule has 118 valence electrons. The van der Waals surface area contributed by atoms with E-state index < -0.39 is 17.9 Å². The van der Waals surface area contributed by atoms with Gasteiger partial charge in [0.05, 0.1) is 17.3 Å². The molecule has 5 nitrogen and oxygen atoms in total. The summed E-state index contributed by atoms with van der Waals surface area (Å²) >= 11 is 0. The number of halogens is 3. The highest BCUT2D eigenvalue weighted by atomic mass is 19.4. The van der Waals surface area contributed by atoms with Gasteiger partial charge in [-0.05, 0) is 11.6 Å². The molecule has 1 atom stereocenters. The molecule has 0 saturated carbocycles. The molecule has 1 aliphatic heterocycles. The number of fused-ring (bicyclic) bond motifs is 1. The van der Waals surface area contributed by atoms with Gasteiger partial charge in [-0.3, -0.25) is 9.79 Å². The van der Waals surface area contributed by atoms with Crippen LogP contribution in [0.5, 0.6) is 0 Å². The van der Waals surface area contributed by atoms with Crippen LogP contribution in [-0.4, -0.2) is 28.0 Å². The van der Waals surface area contributed by atoms with Crippen molar-refractivity contribution in [2.75, 3.05) is 6.54 Å². The van der Waals surface area contributed by atoms with Crippen molar-refractivity contribution in [3.63, 3.8) is 0 Å². The number of carbonyl (C=O) groups excluding carboxylic acids is 1. The average Bonchev–Trinajstić information content (AvgIpc) is 2.53. The second-order valence-corrected chi connectivity index (χ2v) is 5.00. The zero-order valence-corrected chi connectivity index (χ0v) is 11.7. The SMILES string of the molecule is NCC1=CC(=O)C2C=C(c3cnc(C(F)(F)F)nc3)C=CC2=N1. The van der Waals surface area contributed by atoms with Gasteiger partial charge in [0.2, 0.25) is 5.82 Å². The molecule has 23 heavy (non-hydrogen) atoms. The van der Waals surface area contributed by atoms with E-state index in [2.05, 4.69) is 15.0 Å². The quantitative estimate of drug-likeness (QED) is 0.903. The summed E-state index contributed by atoms with van der Waals surface area (Å²) in [4.78, 5) is 23.0. The number of nitrogens with zero attached hydrogens (tertiary/aromatic N) is 3. The molecule has 0 fully saturated rings. The number of hydrogen-bond donors (Lipinski definition) is 1. The fourth-order valence-electron chi connectivity index (χ4n) is 2.31. The zero-order chi connectivity index (χ0) is 16.6. The minimum Gasteiger partial charge on any atom is -0.325 e. The first-order valence-electron chi connectivity index (χ1n) is 6.71. The standard InChI is InChI=1S/C15H11F3N4O/c16-15(17,18)14-20-6-9(7-21-14)8-1-2-12-11(3-8)13(23)4-10(5-19)22-12/h1-4,6-7,11H,5,19H2. The van der Waals surface area contributed by atoms with E-state index in [9.17, 15) is 18.0 Å². The molecule has 3 rings (SSSR count). The van der Waals surface area contributed by atoms with Crippen LogP contribution in [-0.2, 0) is 11.0 Å². The molecule has 2 N–H and O–H groups in total. The van der Waals surface area contributed by atoms with E-state index >= 15 is 0 Å². The van der Waals surface area contributed by atoms with E-state index in [4.69, 9.17) is 5.73 Å². The number of carbonyl (C=O) groups is 1. The largest absolute Gasteiger partial charge is 0.451 e. The molecule has 0 aromatic carbocycles. The maximum absolute atomic E-state index is 12.5. The Hall–Kier alpha value is -2.61. The van der Waals surface area contributed by atoms with Gasteiger partial charge in [0.15, 0.2) is 5.78 Å². The Morgan fingerprint density at radius 2 is 1.87 bits per heavy atom. The van der Waals surface area contributed by atoms with Gasteiger partial charge >= 0.3 is 6.18 Å². The first-order valence-corrected chi connectivity index (χ1v) is 6.71. The van der Waals surface area contributed by atoms with Crippen molar-refractivity contribution in [1.82, 2.24) is 9.97 Å². The Labute approximate surface area is 129 Å². The first kappa shape index (κ1) is 15.3. The fourth-order valence-corrected chi connectivity index (χ4v) is 2.31. The van der Waals surface area contributed by atoms with Gasteiger partial charge in [-0.1, -0.05) is 12.2 Å². The fraction of sp³-hybridized carbons (Fsp3) is 0.200. The molecular formula is C15H11F3N4O. The number of rotatable bonds is 2. The molecule has 0 spiro atoms. The van der Waals surface area contributed by atoms with Gasteiger partial charge in [-0.15, -0.1) is 0 Å². The van der Waals surface area contributed by atoms with Crippen molar-refractivity contribution >= 4 is 17.1 Å². The Balaban J connectivity index is 1.90. The van der Waals surface area contributed by atoms with Crippen molar-refractivity contribution in [3.05, 3.63) is 53.8 Å². The lowest BCUT2D eigenvalue weighted by atomic mass is 9.87.